The Bertz CT molecular complexity index is 700. The molecule has 0 bridgehead atoms. The van der Waals surface area contributed by atoms with Crippen LogP contribution in [0, 0.1) is 0 Å². The molecule has 0 atom stereocenters. The Morgan fingerprint density at radius 2 is 1.38 bits per heavy atom. The Balaban J connectivity index is 2.10. The first-order valence-corrected chi connectivity index (χ1v) is 7.31. The molecule has 2 aromatic rings. The molecule has 0 spiro atoms. The number of hydrogen-bond donors (Lipinski definition) is 0. The van der Waals surface area contributed by atoms with Gasteiger partial charge in [0.1, 0.15) is 17.3 Å². The van der Waals surface area contributed by atoms with Crippen molar-refractivity contribution >= 4 is 5.83 Å². The first kappa shape index (κ1) is 18.0. The van der Waals surface area contributed by atoms with E-state index in [0.717, 1.165) is 12.1 Å². The lowest BCUT2D eigenvalue weighted by molar-refractivity contribution is -0.137. The number of allylic oxidation sites excluding steroid dienone is 1. The number of benzene rings is 2. The van der Waals surface area contributed by atoms with Crippen LogP contribution in [-0.2, 0) is 6.18 Å². The minimum atomic E-state index is -4.41. The zero-order valence-electron chi connectivity index (χ0n) is 12.8. The summed E-state index contributed by atoms with van der Waals surface area (Å²) in [5.74, 6) is -1.21. The maximum atomic E-state index is 13.8. The number of rotatable bonds is 5. The molecule has 2 rings (SSSR count). The molecule has 6 heteroatoms. The topological polar surface area (TPSA) is 9.23 Å². The van der Waals surface area contributed by atoms with Gasteiger partial charge in [-0.05, 0) is 55.0 Å². The third kappa shape index (κ3) is 4.57. The third-order valence-electron chi connectivity index (χ3n) is 3.23. The zero-order valence-corrected chi connectivity index (χ0v) is 12.8. The van der Waals surface area contributed by atoms with Crippen LogP contribution in [0.25, 0.3) is 5.83 Å². The molecule has 0 saturated heterocycles. The minimum absolute atomic E-state index is 0.0235. The molecule has 0 N–H and O–H groups in total. The van der Waals surface area contributed by atoms with Crippen LogP contribution in [0.5, 0.6) is 11.5 Å². The maximum absolute atomic E-state index is 13.8. The molecule has 0 radical (unpaired) electrons. The van der Waals surface area contributed by atoms with Gasteiger partial charge < -0.3 is 4.74 Å². The summed E-state index contributed by atoms with van der Waals surface area (Å²) in [5.41, 5.74) is -0.690. The molecule has 0 heterocycles. The highest BCUT2D eigenvalue weighted by molar-refractivity contribution is 5.61. The molecule has 0 aliphatic heterocycles. The second-order valence-electron chi connectivity index (χ2n) is 5.12. The molecular formula is C18H15F5O. The molecule has 2 aromatic carbocycles. The van der Waals surface area contributed by atoms with Crippen LogP contribution in [0.3, 0.4) is 0 Å². The fourth-order valence-corrected chi connectivity index (χ4v) is 2.00. The van der Waals surface area contributed by atoms with Crippen molar-refractivity contribution < 1.29 is 26.7 Å². The van der Waals surface area contributed by atoms with Gasteiger partial charge >= 0.3 is 6.18 Å². The highest BCUT2D eigenvalue weighted by atomic mass is 19.4. The van der Waals surface area contributed by atoms with Gasteiger partial charge in [0.2, 0.25) is 0 Å². The number of alkyl halides is 3. The highest BCUT2D eigenvalue weighted by Gasteiger charge is 2.30. The summed E-state index contributed by atoms with van der Waals surface area (Å²) in [6.45, 7) is 1.74. The molecule has 0 aromatic heterocycles. The monoisotopic (exact) mass is 342 g/mol. The molecular weight excluding hydrogens is 327 g/mol. The van der Waals surface area contributed by atoms with E-state index < -0.39 is 23.4 Å². The molecule has 0 aliphatic rings. The lowest BCUT2D eigenvalue weighted by Gasteiger charge is -2.09. The summed E-state index contributed by atoms with van der Waals surface area (Å²) in [7, 11) is 0. The van der Waals surface area contributed by atoms with Gasteiger partial charge in [0.05, 0.1) is 5.56 Å². The van der Waals surface area contributed by atoms with E-state index in [1.165, 1.54) is 36.4 Å². The molecule has 0 aliphatic carbocycles. The number of halogens is 5. The van der Waals surface area contributed by atoms with Gasteiger partial charge in [0.15, 0.2) is 5.83 Å². The fourth-order valence-electron chi connectivity index (χ4n) is 2.00. The summed E-state index contributed by atoms with van der Waals surface area (Å²) in [4.78, 5) is 0. The smallest absolute Gasteiger partial charge is 0.416 e. The Morgan fingerprint density at radius 3 is 1.83 bits per heavy atom. The van der Waals surface area contributed by atoms with Crippen molar-refractivity contribution in [2.75, 3.05) is 0 Å². The van der Waals surface area contributed by atoms with Gasteiger partial charge in [-0.15, -0.1) is 0 Å². The molecule has 24 heavy (non-hydrogen) atoms. The van der Waals surface area contributed by atoms with Gasteiger partial charge in [-0.1, -0.05) is 6.92 Å². The highest BCUT2D eigenvalue weighted by Crippen LogP contribution is 2.32. The van der Waals surface area contributed by atoms with Crippen molar-refractivity contribution in [3.63, 3.8) is 0 Å². The van der Waals surface area contributed by atoms with Crippen molar-refractivity contribution in [2.24, 2.45) is 0 Å². The predicted molar refractivity (Wildman–Crippen MR) is 82.0 cm³/mol. The van der Waals surface area contributed by atoms with Crippen LogP contribution < -0.4 is 4.74 Å². The van der Waals surface area contributed by atoms with Crippen LogP contribution in [-0.4, -0.2) is 0 Å². The summed E-state index contributed by atoms with van der Waals surface area (Å²) >= 11 is 0. The van der Waals surface area contributed by atoms with Gasteiger partial charge in [0, 0.05) is 12.0 Å². The third-order valence-corrected chi connectivity index (χ3v) is 3.23. The number of ether oxygens (including phenoxy) is 1. The quantitative estimate of drug-likeness (QED) is 0.537. The Morgan fingerprint density at radius 1 is 0.875 bits per heavy atom. The molecule has 128 valence electrons. The number of hydrogen-bond acceptors (Lipinski definition) is 1. The van der Waals surface area contributed by atoms with E-state index in [1.54, 1.807) is 6.92 Å². The molecule has 0 saturated carbocycles. The van der Waals surface area contributed by atoms with Crippen molar-refractivity contribution in [1.29, 1.82) is 0 Å². The van der Waals surface area contributed by atoms with Crippen molar-refractivity contribution in [3.05, 3.63) is 65.5 Å². The Labute approximate surface area is 136 Å². The SMILES string of the molecule is CCCC(F)=C(F)c1ccc(Oc2ccc(C(F)(F)F)cc2)cc1. The first-order chi connectivity index (χ1) is 11.3. The average molecular weight is 342 g/mol. The van der Waals surface area contributed by atoms with Crippen molar-refractivity contribution in [1.82, 2.24) is 0 Å². The van der Waals surface area contributed by atoms with Crippen LogP contribution in [0.15, 0.2) is 54.4 Å². The largest absolute Gasteiger partial charge is 0.457 e. The first-order valence-electron chi connectivity index (χ1n) is 7.31. The molecule has 0 fully saturated rings. The Hall–Kier alpha value is -2.37. The van der Waals surface area contributed by atoms with Crippen LogP contribution in [0.4, 0.5) is 22.0 Å². The van der Waals surface area contributed by atoms with E-state index >= 15 is 0 Å². The molecule has 0 amide bonds. The van der Waals surface area contributed by atoms with Crippen LogP contribution in [0.1, 0.15) is 30.9 Å². The van der Waals surface area contributed by atoms with E-state index in [4.69, 9.17) is 4.74 Å². The summed E-state index contributed by atoms with van der Waals surface area (Å²) in [6.07, 6.45) is -3.89. The van der Waals surface area contributed by atoms with E-state index in [0.29, 0.717) is 12.2 Å². The van der Waals surface area contributed by atoms with Crippen LogP contribution in [0.2, 0.25) is 0 Å². The average Bonchev–Trinajstić information content (AvgIpc) is 2.55. The van der Waals surface area contributed by atoms with Gasteiger partial charge in [0.25, 0.3) is 0 Å². The standard InChI is InChI=1S/C18H15F5O/c1-2-3-16(19)17(20)12-4-8-14(9-5-12)24-15-10-6-13(7-11-15)18(21,22)23/h4-11H,2-3H2,1H3. The van der Waals surface area contributed by atoms with Gasteiger partial charge in [-0.25, -0.2) is 8.78 Å². The van der Waals surface area contributed by atoms with E-state index in [-0.39, 0.29) is 17.7 Å². The normalized spacial score (nSPS) is 12.8. The minimum Gasteiger partial charge on any atom is -0.457 e. The van der Waals surface area contributed by atoms with E-state index in [1.807, 2.05) is 0 Å². The Kier molecular flexibility index (Phi) is 5.59. The van der Waals surface area contributed by atoms with Crippen molar-refractivity contribution in [2.45, 2.75) is 25.9 Å². The predicted octanol–water partition coefficient (Wildman–Crippen LogP) is 6.91. The molecule has 0 unspecified atom stereocenters. The lowest BCUT2D eigenvalue weighted by Crippen LogP contribution is -2.03. The second kappa shape index (κ2) is 7.47. The summed E-state index contributed by atoms with van der Waals surface area (Å²) in [6, 6.07) is 9.75. The summed E-state index contributed by atoms with van der Waals surface area (Å²) in [5, 5.41) is 0. The van der Waals surface area contributed by atoms with Gasteiger partial charge in [-0.2, -0.15) is 13.2 Å². The second-order valence-corrected chi connectivity index (χ2v) is 5.12. The lowest BCUT2D eigenvalue weighted by atomic mass is 10.1. The zero-order chi connectivity index (χ0) is 17.7. The summed E-state index contributed by atoms with van der Waals surface area (Å²) < 4.78 is 70.0. The molecule has 1 nitrogen and oxygen atoms in total. The van der Waals surface area contributed by atoms with E-state index in [2.05, 4.69) is 0 Å². The van der Waals surface area contributed by atoms with Gasteiger partial charge in [-0.3, -0.25) is 0 Å². The van der Waals surface area contributed by atoms with Crippen LogP contribution >= 0.6 is 0 Å². The van der Waals surface area contributed by atoms with Crippen molar-refractivity contribution in [3.8, 4) is 11.5 Å². The maximum Gasteiger partial charge on any atom is 0.416 e. The fraction of sp³-hybridized carbons (Fsp3) is 0.222. The van der Waals surface area contributed by atoms with E-state index in [9.17, 15) is 22.0 Å².